The summed E-state index contributed by atoms with van der Waals surface area (Å²) in [6.07, 6.45) is 7.01. The highest BCUT2D eigenvalue weighted by atomic mass is 15.1. The number of nitriles is 1. The molecule has 0 bridgehead atoms. The first-order valence-electron chi connectivity index (χ1n) is 7.93. The quantitative estimate of drug-likeness (QED) is 0.616. The third-order valence-corrected chi connectivity index (χ3v) is 3.96. The van der Waals surface area contributed by atoms with E-state index in [-0.39, 0.29) is 5.54 Å². The molecule has 1 N–H and O–H groups in total. The summed E-state index contributed by atoms with van der Waals surface area (Å²) in [5, 5.41) is 12.8. The number of nitrogens with zero attached hydrogens (tertiary/aromatic N) is 2. The van der Waals surface area contributed by atoms with E-state index < -0.39 is 0 Å². The van der Waals surface area contributed by atoms with Crippen molar-refractivity contribution in [3.8, 4) is 6.07 Å². The van der Waals surface area contributed by atoms with E-state index in [0.29, 0.717) is 12.1 Å². The normalized spacial score (nSPS) is 18.6. The first-order chi connectivity index (χ1) is 9.00. The molecule has 0 aliphatic heterocycles. The fourth-order valence-corrected chi connectivity index (χ4v) is 2.55. The molecule has 0 amide bonds. The lowest BCUT2D eigenvalue weighted by atomic mass is 9.96. The molecule has 0 spiro atoms. The van der Waals surface area contributed by atoms with Gasteiger partial charge in [0, 0.05) is 12.1 Å². The van der Waals surface area contributed by atoms with Crippen LogP contribution < -0.4 is 5.32 Å². The van der Waals surface area contributed by atoms with Crippen LogP contribution in [-0.4, -0.2) is 35.6 Å². The number of unbranched alkanes of at least 4 members (excludes halogenated alkanes) is 1. The standard InChI is InChI=1S/C16H31N3/c1-5-11-19(14(2)3)12-7-6-10-16(4,13-17)18-15-8-9-15/h14-15,18H,5-12H2,1-4H3. The Morgan fingerprint density at radius 3 is 2.47 bits per heavy atom. The van der Waals surface area contributed by atoms with Crippen LogP contribution in [0.25, 0.3) is 0 Å². The van der Waals surface area contributed by atoms with Crippen molar-refractivity contribution in [1.29, 1.82) is 5.26 Å². The van der Waals surface area contributed by atoms with Gasteiger partial charge in [0.1, 0.15) is 5.54 Å². The Morgan fingerprint density at radius 1 is 1.32 bits per heavy atom. The van der Waals surface area contributed by atoms with E-state index in [4.69, 9.17) is 0 Å². The third-order valence-electron chi connectivity index (χ3n) is 3.96. The molecular formula is C16H31N3. The minimum atomic E-state index is -0.311. The average molecular weight is 265 g/mol. The minimum Gasteiger partial charge on any atom is -0.301 e. The molecule has 1 saturated carbocycles. The summed E-state index contributed by atoms with van der Waals surface area (Å²) in [5.41, 5.74) is -0.311. The molecule has 110 valence electrons. The molecule has 3 heteroatoms. The van der Waals surface area contributed by atoms with Crippen LogP contribution in [0.5, 0.6) is 0 Å². The first kappa shape index (κ1) is 16.5. The maximum atomic E-state index is 9.32. The molecule has 0 aromatic rings. The predicted octanol–water partition coefficient (Wildman–Crippen LogP) is 3.31. The van der Waals surface area contributed by atoms with E-state index in [0.717, 1.165) is 19.4 Å². The number of rotatable bonds is 10. The second-order valence-corrected chi connectivity index (χ2v) is 6.45. The molecule has 1 unspecified atom stereocenters. The van der Waals surface area contributed by atoms with Crippen LogP contribution in [0.4, 0.5) is 0 Å². The molecule has 0 saturated heterocycles. The summed E-state index contributed by atoms with van der Waals surface area (Å²) in [6, 6.07) is 3.70. The average Bonchev–Trinajstić information content (AvgIpc) is 3.16. The van der Waals surface area contributed by atoms with Gasteiger partial charge in [-0.25, -0.2) is 0 Å². The smallest absolute Gasteiger partial charge is 0.104 e. The summed E-state index contributed by atoms with van der Waals surface area (Å²) in [5.74, 6) is 0. The number of hydrogen-bond acceptors (Lipinski definition) is 3. The van der Waals surface area contributed by atoms with Gasteiger partial charge in [0.25, 0.3) is 0 Å². The van der Waals surface area contributed by atoms with E-state index >= 15 is 0 Å². The maximum absolute atomic E-state index is 9.32. The fourth-order valence-electron chi connectivity index (χ4n) is 2.55. The molecule has 0 aromatic carbocycles. The lowest BCUT2D eigenvalue weighted by Gasteiger charge is -2.27. The van der Waals surface area contributed by atoms with Crippen molar-refractivity contribution in [2.45, 2.75) is 83.8 Å². The van der Waals surface area contributed by atoms with Gasteiger partial charge < -0.3 is 4.90 Å². The Balaban J connectivity index is 2.22. The minimum absolute atomic E-state index is 0.311. The third kappa shape index (κ3) is 6.40. The van der Waals surface area contributed by atoms with Gasteiger partial charge in [0.15, 0.2) is 0 Å². The molecule has 3 nitrogen and oxygen atoms in total. The molecule has 1 aliphatic carbocycles. The molecule has 1 aliphatic rings. The van der Waals surface area contributed by atoms with E-state index in [9.17, 15) is 5.26 Å². The van der Waals surface area contributed by atoms with E-state index in [1.165, 1.54) is 32.2 Å². The molecule has 0 radical (unpaired) electrons. The van der Waals surface area contributed by atoms with Gasteiger partial charge in [-0.05, 0) is 72.4 Å². The van der Waals surface area contributed by atoms with Crippen LogP contribution in [0.3, 0.4) is 0 Å². The van der Waals surface area contributed by atoms with Gasteiger partial charge in [0.2, 0.25) is 0 Å². The Labute approximate surface area is 119 Å². The second-order valence-electron chi connectivity index (χ2n) is 6.45. The summed E-state index contributed by atoms with van der Waals surface area (Å²) < 4.78 is 0. The number of nitrogens with one attached hydrogen (secondary N) is 1. The van der Waals surface area contributed by atoms with Crippen LogP contribution in [-0.2, 0) is 0 Å². The van der Waals surface area contributed by atoms with Crippen molar-refractivity contribution in [3.05, 3.63) is 0 Å². The fraction of sp³-hybridized carbons (Fsp3) is 0.938. The van der Waals surface area contributed by atoms with Gasteiger partial charge >= 0.3 is 0 Å². The van der Waals surface area contributed by atoms with Gasteiger partial charge in [0.05, 0.1) is 6.07 Å². The topological polar surface area (TPSA) is 39.1 Å². The molecule has 1 atom stereocenters. The summed E-state index contributed by atoms with van der Waals surface area (Å²) in [6.45, 7) is 11.2. The van der Waals surface area contributed by atoms with Gasteiger partial charge in [-0.1, -0.05) is 6.92 Å². The van der Waals surface area contributed by atoms with Crippen molar-refractivity contribution in [3.63, 3.8) is 0 Å². The SMILES string of the molecule is CCCN(CCCCC(C)(C#N)NC1CC1)C(C)C. The van der Waals surface area contributed by atoms with Crippen molar-refractivity contribution < 1.29 is 0 Å². The summed E-state index contributed by atoms with van der Waals surface area (Å²) in [7, 11) is 0. The Bertz CT molecular complexity index is 291. The van der Waals surface area contributed by atoms with Crippen LogP contribution in [0.15, 0.2) is 0 Å². The molecular weight excluding hydrogens is 234 g/mol. The zero-order valence-corrected chi connectivity index (χ0v) is 13.2. The van der Waals surface area contributed by atoms with Crippen molar-refractivity contribution in [2.24, 2.45) is 0 Å². The Kier molecular flexibility index (Phi) is 6.82. The van der Waals surface area contributed by atoms with E-state index in [1.54, 1.807) is 0 Å². The van der Waals surface area contributed by atoms with Crippen LogP contribution in [0.1, 0.15) is 66.2 Å². The van der Waals surface area contributed by atoms with Crippen molar-refractivity contribution in [2.75, 3.05) is 13.1 Å². The highest BCUT2D eigenvalue weighted by Crippen LogP contribution is 2.24. The van der Waals surface area contributed by atoms with Crippen molar-refractivity contribution >= 4 is 0 Å². The Hall–Kier alpha value is -0.590. The second kappa shape index (κ2) is 7.87. The van der Waals surface area contributed by atoms with Gasteiger partial charge in [-0.2, -0.15) is 5.26 Å². The summed E-state index contributed by atoms with van der Waals surface area (Å²) >= 11 is 0. The van der Waals surface area contributed by atoms with Gasteiger partial charge in [-0.15, -0.1) is 0 Å². The highest BCUT2D eigenvalue weighted by Gasteiger charge is 2.31. The van der Waals surface area contributed by atoms with Crippen LogP contribution >= 0.6 is 0 Å². The van der Waals surface area contributed by atoms with Crippen LogP contribution in [0, 0.1) is 11.3 Å². The zero-order valence-electron chi connectivity index (χ0n) is 13.2. The van der Waals surface area contributed by atoms with E-state index in [1.807, 2.05) is 0 Å². The Morgan fingerprint density at radius 2 is 2.00 bits per heavy atom. The lowest BCUT2D eigenvalue weighted by molar-refractivity contribution is 0.215. The van der Waals surface area contributed by atoms with Gasteiger partial charge in [-0.3, -0.25) is 5.32 Å². The predicted molar refractivity (Wildman–Crippen MR) is 81.0 cm³/mol. The monoisotopic (exact) mass is 265 g/mol. The largest absolute Gasteiger partial charge is 0.301 e. The summed E-state index contributed by atoms with van der Waals surface area (Å²) in [4.78, 5) is 2.54. The maximum Gasteiger partial charge on any atom is 0.104 e. The van der Waals surface area contributed by atoms with E-state index in [2.05, 4.69) is 44.0 Å². The van der Waals surface area contributed by atoms with Crippen LogP contribution in [0.2, 0.25) is 0 Å². The zero-order chi connectivity index (χ0) is 14.3. The lowest BCUT2D eigenvalue weighted by Crippen LogP contribution is -2.42. The molecule has 1 rings (SSSR count). The molecule has 1 fully saturated rings. The first-order valence-corrected chi connectivity index (χ1v) is 7.93. The molecule has 0 heterocycles. The van der Waals surface area contributed by atoms with Crippen molar-refractivity contribution in [1.82, 2.24) is 10.2 Å². The molecule has 19 heavy (non-hydrogen) atoms. The number of hydrogen-bond donors (Lipinski definition) is 1. The highest BCUT2D eigenvalue weighted by molar-refractivity contribution is 5.06. The molecule has 0 aromatic heterocycles.